The Balaban J connectivity index is 2.07. The van der Waals surface area contributed by atoms with Gasteiger partial charge in [-0.15, -0.1) is 0 Å². The van der Waals surface area contributed by atoms with Crippen molar-refractivity contribution in [1.82, 2.24) is 19.8 Å². The summed E-state index contributed by atoms with van der Waals surface area (Å²) in [5, 5.41) is 4.25. The molecule has 5 heteroatoms. The Hall–Kier alpha value is -1.88. The smallest absolute Gasteiger partial charge is 0.170 e. The number of pyridine rings is 1. The van der Waals surface area contributed by atoms with Crippen LogP contribution in [0.25, 0.3) is 0 Å². The van der Waals surface area contributed by atoms with Gasteiger partial charge in [-0.1, -0.05) is 6.07 Å². The minimum absolute atomic E-state index is 0.0784. The number of aryl methyl sites for hydroxylation is 1. The first-order valence-electron chi connectivity index (χ1n) is 7.20. The molecular formula is C16H20N4S. The van der Waals surface area contributed by atoms with Gasteiger partial charge in [0.2, 0.25) is 0 Å². The van der Waals surface area contributed by atoms with Crippen LogP contribution in [-0.2, 0) is 7.05 Å². The molecule has 1 saturated heterocycles. The lowest BCUT2D eigenvalue weighted by molar-refractivity contribution is 0.260. The van der Waals surface area contributed by atoms with E-state index in [0.29, 0.717) is 6.04 Å². The predicted octanol–water partition coefficient (Wildman–Crippen LogP) is 2.80. The largest absolute Gasteiger partial charge is 0.353 e. The third kappa shape index (κ3) is 2.42. The molecule has 4 nitrogen and oxygen atoms in total. The monoisotopic (exact) mass is 300 g/mol. The third-order valence-corrected chi connectivity index (χ3v) is 4.31. The maximum absolute atomic E-state index is 5.57. The summed E-state index contributed by atoms with van der Waals surface area (Å²) in [5.41, 5.74) is 2.26. The lowest BCUT2D eigenvalue weighted by Crippen LogP contribution is -2.36. The van der Waals surface area contributed by atoms with Gasteiger partial charge < -0.3 is 14.8 Å². The van der Waals surface area contributed by atoms with Crippen molar-refractivity contribution in [2.75, 3.05) is 0 Å². The molecule has 1 fully saturated rings. The molecule has 0 bridgehead atoms. The standard InChI is InChI=1S/C16H20N4S/c1-11(2)20-15(13-8-6-10-19(13)3)14(18-16(20)21)12-7-4-5-9-17-12/h4-11,14-15H,1-3H3,(H,18,21)/t14-,15+/m1/s1. The number of rotatable bonds is 3. The van der Waals surface area contributed by atoms with Crippen LogP contribution < -0.4 is 5.32 Å². The molecule has 1 N–H and O–H groups in total. The average Bonchev–Trinajstić information content (AvgIpc) is 3.02. The molecule has 2 aromatic rings. The molecule has 110 valence electrons. The second-order valence-electron chi connectivity index (χ2n) is 5.67. The van der Waals surface area contributed by atoms with Crippen LogP contribution in [0.1, 0.15) is 37.3 Å². The Morgan fingerprint density at radius 1 is 1.24 bits per heavy atom. The van der Waals surface area contributed by atoms with Crippen molar-refractivity contribution in [3.05, 3.63) is 54.1 Å². The van der Waals surface area contributed by atoms with Crippen molar-refractivity contribution >= 4 is 17.3 Å². The molecule has 21 heavy (non-hydrogen) atoms. The van der Waals surface area contributed by atoms with E-state index in [4.69, 9.17) is 12.2 Å². The van der Waals surface area contributed by atoms with Gasteiger partial charge in [-0.25, -0.2) is 0 Å². The van der Waals surface area contributed by atoms with Crippen molar-refractivity contribution in [1.29, 1.82) is 0 Å². The van der Waals surface area contributed by atoms with Crippen LogP contribution in [0.4, 0.5) is 0 Å². The van der Waals surface area contributed by atoms with E-state index in [-0.39, 0.29) is 12.1 Å². The maximum Gasteiger partial charge on any atom is 0.170 e. The van der Waals surface area contributed by atoms with E-state index in [2.05, 4.69) is 65.1 Å². The predicted molar refractivity (Wildman–Crippen MR) is 87.8 cm³/mol. The number of hydrogen-bond acceptors (Lipinski definition) is 2. The van der Waals surface area contributed by atoms with E-state index in [0.717, 1.165) is 10.8 Å². The van der Waals surface area contributed by atoms with Crippen LogP contribution >= 0.6 is 12.2 Å². The zero-order valence-corrected chi connectivity index (χ0v) is 13.3. The van der Waals surface area contributed by atoms with E-state index in [9.17, 15) is 0 Å². The SMILES string of the molecule is CC(C)N1C(=S)N[C@H](c2ccccn2)[C@@H]1c1cccn1C. The molecule has 2 aromatic heterocycles. The van der Waals surface area contributed by atoms with Gasteiger partial charge in [0, 0.05) is 31.2 Å². The lowest BCUT2D eigenvalue weighted by Gasteiger charge is -2.31. The quantitative estimate of drug-likeness (QED) is 0.884. The van der Waals surface area contributed by atoms with Gasteiger partial charge >= 0.3 is 0 Å². The van der Waals surface area contributed by atoms with Crippen molar-refractivity contribution in [2.45, 2.75) is 32.0 Å². The molecule has 1 aliphatic heterocycles. The fourth-order valence-corrected chi connectivity index (χ4v) is 3.47. The molecule has 0 aromatic carbocycles. The van der Waals surface area contributed by atoms with Crippen LogP contribution in [0.5, 0.6) is 0 Å². The minimum atomic E-state index is 0.0784. The normalized spacial score (nSPS) is 21.9. The highest BCUT2D eigenvalue weighted by Crippen LogP contribution is 2.39. The number of aromatic nitrogens is 2. The maximum atomic E-state index is 5.57. The highest BCUT2D eigenvalue weighted by molar-refractivity contribution is 7.80. The zero-order chi connectivity index (χ0) is 15.0. The van der Waals surface area contributed by atoms with Crippen LogP contribution in [0.15, 0.2) is 42.7 Å². The van der Waals surface area contributed by atoms with E-state index < -0.39 is 0 Å². The van der Waals surface area contributed by atoms with Crippen molar-refractivity contribution in [3.8, 4) is 0 Å². The number of hydrogen-bond donors (Lipinski definition) is 1. The summed E-state index contributed by atoms with van der Waals surface area (Å²) in [6.07, 6.45) is 3.91. The summed E-state index contributed by atoms with van der Waals surface area (Å²) < 4.78 is 2.16. The first-order chi connectivity index (χ1) is 10.1. The molecule has 0 saturated carbocycles. The van der Waals surface area contributed by atoms with Gasteiger partial charge in [0.25, 0.3) is 0 Å². The first kappa shape index (κ1) is 14.1. The Kier molecular flexibility index (Phi) is 3.68. The number of thiocarbonyl (C=S) groups is 1. The first-order valence-corrected chi connectivity index (χ1v) is 7.61. The highest BCUT2D eigenvalue weighted by Gasteiger charge is 2.41. The second kappa shape index (κ2) is 5.48. The Morgan fingerprint density at radius 2 is 2.05 bits per heavy atom. The summed E-state index contributed by atoms with van der Waals surface area (Å²) in [6.45, 7) is 4.34. The van der Waals surface area contributed by atoms with Gasteiger partial charge in [-0.2, -0.15) is 0 Å². The van der Waals surface area contributed by atoms with Crippen molar-refractivity contribution in [2.24, 2.45) is 7.05 Å². The molecule has 0 radical (unpaired) electrons. The summed E-state index contributed by atoms with van der Waals surface area (Å²) in [7, 11) is 2.07. The van der Waals surface area contributed by atoms with Gasteiger partial charge in [0.15, 0.2) is 5.11 Å². The van der Waals surface area contributed by atoms with Gasteiger partial charge in [0.1, 0.15) is 0 Å². The molecular weight excluding hydrogens is 280 g/mol. The summed E-state index contributed by atoms with van der Waals surface area (Å²) in [4.78, 5) is 6.79. The zero-order valence-electron chi connectivity index (χ0n) is 12.5. The van der Waals surface area contributed by atoms with Crippen molar-refractivity contribution < 1.29 is 0 Å². The molecule has 1 aliphatic rings. The molecule has 3 rings (SSSR count). The van der Waals surface area contributed by atoms with Crippen LogP contribution in [-0.4, -0.2) is 25.6 Å². The number of nitrogens with one attached hydrogen (secondary N) is 1. The van der Waals surface area contributed by atoms with Gasteiger partial charge in [0.05, 0.1) is 17.8 Å². The summed E-state index contributed by atoms with van der Waals surface area (Å²) in [5.74, 6) is 0. The Morgan fingerprint density at radius 3 is 2.62 bits per heavy atom. The molecule has 0 spiro atoms. The molecule has 0 unspecified atom stereocenters. The van der Waals surface area contributed by atoms with Gasteiger partial charge in [-0.3, -0.25) is 4.98 Å². The molecule has 3 heterocycles. The third-order valence-electron chi connectivity index (χ3n) is 3.98. The fourth-order valence-electron chi connectivity index (χ4n) is 3.02. The van der Waals surface area contributed by atoms with Crippen LogP contribution in [0.3, 0.4) is 0 Å². The van der Waals surface area contributed by atoms with E-state index in [1.807, 2.05) is 18.3 Å². The molecule has 0 aliphatic carbocycles. The van der Waals surface area contributed by atoms with Crippen molar-refractivity contribution in [3.63, 3.8) is 0 Å². The minimum Gasteiger partial charge on any atom is -0.353 e. The Bertz CT molecular complexity index is 635. The van der Waals surface area contributed by atoms with E-state index in [1.165, 1.54) is 5.69 Å². The number of nitrogens with zero attached hydrogens (tertiary/aromatic N) is 3. The summed E-state index contributed by atoms with van der Waals surface area (Å²) in [6, 6.07) is 10.8. The fraction of sp³-hybridized carbons (Fsp3) is 0.375. The van der Waals surface area contributed by atoms with Crippen LogP contribution in [0.2, 0.25) is 0 Å². The van der Waals surface area contributed by atoms with E-state index in [1.54, 1.807) is 0 Å². The second-order valence-corrected chi connectivity index (χ2v) is 6.06. The Labute approximate surface area is 130 Å². The van der Waals surface area contributed by atoms with Gasteiger partial charge in [-0.05, 0) is 50.3 Å². The lowest BCUT2D eigenvalue weighted by atomic mass is 10.0. The molecule has 2 atom stereocenters. The van der Waals surface area contributed by atoms with E-state index >= 15 is 0 Å². The average molecular weight is 300 g/mol. The van der Waals surface area contributed by atoms with Crippen LogP contribution in [0, 0.1) is 0 Å². The summed E-state index contributed by atoms with van der Waals surface area (Å²) >= 11 is 5.57. The molecule has 0 amide bonds. The highest BCUT2D eigenvalue weighted by atomic mass is 32.1. The topological polar surface area (TPSA) is 33.1 Å².